The number of hydrogen-bond acceptors (Lipinski definition) is 1. The molecule has 0 radical (unpaired) electrons. The van der Waals surface area contributed by atoms with Crippen LogP contribution < -0.4 is 0 Å². The molecule has 0 saturated carbocycles. The fourth-order valence-electron chi connectivity index (χ4n) is 3.92. The van der Waals surface area contributed by atoms with Crippen molar-refractivity contribution < 1.29 is 0 Å². The molecule has 0 atom stereocenters. The summed E-state index contributed by atoms with van der Waals surface area (Å²) in [6.07, 6.45) is 0. The summed E-state index contributed by atoms with van der Waals surface area (Å²) >= 11 is 0. The van der Waals surface area contributed by atoms with Gasteiger partial charge in [-0.05, 0) is 22.5 Å². The van der Waals surface area contributed by atoms with Gasteiger partial charge in [-0.3, -0.25) is 0 Å². The van der Waals surface area contributed by atoms with Gasteiger partial charge in [-0.25, -0.2) is 0 Å². The van der Waals surface area contributed by atoms with Gasteiger partial charge in [0, 0.05) is 7.05 Å². The van der Waals surface area contributed by atoms with E-state index in [4.69, 9.17) is 4.74 Å². The second-order valence-corrected chi connectivity index (χ2v) is 13.0. The maximum Gasteiger partial charge on any atom is 0.0262 e. The second-order valence-electron chi connectivity index (χ2n) is 7.35. The molecule has 92 valence electrons. The molecule has 0 bridgehead atoms. The predicted molar refractivity (Wildman–Crippen MR) is 74.5 cm³/mol. The fourth-order valence-corrected chi connectivity index (χ4v) is 11.8. The van der Waals surface area contributed by atoms with Crippen LogP contribution in [0.3, 0.4) is 0 Å². The van der Waals surface area contributed by atoms with Crippen LogP contribution in [0.2, 0.25) is 0 Å². The van der Waals surface area contributed by atoms with Gasteiger partial charge in [0.05, 0.1) is 0 Å². The lowest BCUT2D eigenvalue weighted by Gasteiger charge is -2.54. The maximum atomic E-state index is 4.94. The van der Waals surface area contributed by atoms with Crippen LogP contribution >= 0.6 is 7.05 Å². The van der Waals surface area contributed by atoms with Gasteiger partial charge >= 0.3 is 0 Å². The second kappa shape index (κ2) is 3.91. The van der Waals surface area contributed by atoms with Crippen molar-refractivity contribution in [2.24, 2.45) is 4.74 Å². The van der Waals surface area contributed by atoms with Crippen LogP contribution in [-0.4, -0.2) is 22.5 Å². The molecule has 0 aliphatic carbocycles. The van der Waals surface area contributed by atoms with Gasteiger partial charge < -0.3 is 4.74 Å². The van der Waals surface area contributed by atoms with Gasteiger partial charge in [-0.15, -0.1) is 0 Å². The Kier molecular flexibility index (Phi) is 3.97. The minimum atomic E-state index is -1.40. The highest BCUT2D eigenvalue weighted by Crippen LogP contribution is 2.76. The summed E-state index contributed by atoms with van der Waals surface area (Å²) < 4.78 is 4.94. The smallest absolute Gasteiger partial charge is 0.0262 e. The normalized spacial score (nSPS) is 15.3. The quantitative estimate of drug-likeness (QED) is 0.507. The van der Waals surface area contributed by atoms with Crippen molar-refractivity contribution in [3.05, 3.63) is 0 Å². The highest BCUT2D eigenvalue weighted by molar-refractivity contribution is 7.70. The Morgan fingerprint density at radius 3 is 0.800 bits per heavy atom. The summed E-state index contributed by atoms with van der Waals surface area (Å²) in [4.78, 5) is 0. The van der Waals surface area contributed by atoms with Crippen LogP contribution in [0.15, 0.2) is 4.74 Å². The van der Waals surface area contributed by atoms with Crippen LogP contribution in [0, 0.1) is 0 Å². The van der Waals surface area contributed by atoms with Crippen molar-refractivity contribution in [1.29, 1.82) is 0 Å². The SMILES string of the molecule is CN=P(C(C)(C)C)(C(C)(C)C)C(C)(C)C. The van der Waals surface area contributed by atoms with Crippen LogP contribution in [0.25, 0.3) is 0 Å². The Morgan fingerprint density at radius 2 is 0.800 bits per heavy atom. The van der Waals surface area contributed by atoms with Crippen molar-refractivity contribution >= 4 is 7.05 Å². The molecule has 0 aromatic rings. The summed E-state index contributed by atoms with van der Waals surface area (Å²) in [5.41, 5.74) is 0. The lowest BCUT2D eigenvalue weighted by Crippen LogP contribution is -2.38. The van der Waals surface area contributed by atoms with Crippen molar-refractivity contribution in [3.63, 3.8) is 0 Å². The summed E-state index contributed by atoms with van der Waals surface area (Å²) in [5.74, 6) is 0. The zero-order valence-corrected chi connectivity index (χ0v) is 13.3. The topological polar surface area (TPSA) is 12.4 Å². The molecule has 2 heteroatoms. The van der Waals surface area contributed by atoms with E-state index in [0.717, 1.165) is 0 Å². The third-order valence-corrected chi connectivity index (χ3v) is 9.64. The minimum absolute atomic E-state index is 0.276. The standard InChI is InChI=1S/C13H30NP/c1-11(2,3)15(14-10,12(4,5)6)13(7,8)9/h1-10H3. The van der Waals surface area contributed by atoms with Crippen LogP contribution in [0.5, 0.6) is 0 Å². The van der Waals surface area contributed by atoms with E-state index < -0.39 is 7.05 Å². The van der Waals surface area contributed by atoms with E-state index in [0.29, 0.717) is 0 Å². The molecular formula is C13H30NP. The van der Waals surface area contributed by atoms with E-state index in [9.17, 15) is 0 Å². The first-order chi connectivity index (χ1) is 6.31. The largest absolute Gasteiger partial charge is 0.305 e. The third-order valence-electron chi connectivity index (χ3n) is 3.21. The van der Waals surface area contributed by atoms with Gasteiger partial charge in [-0.2, -0.15) is 0 Å². The Bertz CT molecular complexity index is 226. The van der Waals surface area contributed by atoms with E-state index in [-0.39, 0.29) is 15.5 Å². The van der Waals surface area contributed by atoms with Gasteiger partial charge in [0.15, 0.2) is 0 Å². The predicted octanol–water partition coefficient (Wildman–Crippen LogP) is 5.21. The third kappa shape index (κ3) is 2.33. The van der Waals surface area contributed by atoms with E-state index in [1.54, 1.807) is 0 Å². The van der Waals surface area contributed by atoms with Crippen molar-refractivity contribution in [3.8, 4) is 0 Å². The molecule has 0 fully saturated rings. The molecule has 0 rings (SSSR count). The van der Waals surface area contributed by atoms with Gasteiger partial charge in [0.1, 0.15) is 0 Å². The molecule has 0 aromatic heterocycles. The zero-order valence-electron chi connectivity index (χ0n) is 12.4. The molecule has 0 amide bonds. The lowest BCUT2D eigenvalue weighted by atomic mass is 10.2. The van der Waals surface area contributed by atoms with Crippen molar-refractivity contribution in [2.45, 2.75) is 77.8 Å². The molecule has 0 N–H and O–H groups in total. The highest BCUT2D eigenvalue weighted by Gasteiger charge is 2.50. The average Bonchev–Trinajstić information content (AvgIpc) is 1.76. The first-order valence-corrected chi connectivity index (χ1v) is 7.56. The number of rotatable bonds is 0. The van der Waals surface area contributed by atoms with E-state index in [2.05, 4.69) is 62.3 Å². The molecule has 0 heterocycles. The molecule has 0 aliphatic rings. The number of nitrogens with zero attached hydrogens (tertiary/aromatic N) is 1. The fraction of sp³-hybridized carbons (Fsp3) is 1.00. The average molecular weight is 231 g/mol. The molecule has 15 heavy (non-hydrogen) atoms. The summed E-state index contributed by atoms with van der Waals surface area (Å²) in [6.45, 7) is 21.2. The lowest BCUT2D eigenvalue weighted by molar-refractivity contribution is 0.628. The Morgan fingerprint density at radius 1 is 0.600 bits per heavy atom. The first-order valence-electron chi connectivity index (χ1n) is 5.82. The van der Waals surface area contributed by atoms with Crippen molar-refractivity contribution in [2.75, 3.05) is 7.05 Å². The van der Waals surface area contributed by atoms with E-state index >= 15 is 0 Å². The summed E-state index contributed by atoms with van der Waals surface area (Å²) in [6, 6.07) is 0. The minimum Gasteiger partial charge on any atom is -0.305 e. The molecule has 0 unspecified atom stereocenters. The monoisotopic (exact) mass is 231 g/mol. The number of hydrogen-bond donors (Lipinski definition) is 0. The van der Waals surface area contributed by atoms with Gasteiger partial charge in [-0.1, -0.05) is 62.3 Å². The van der Waals surface area contributed by atoms with Crippen LogP contribution in [-0.2, 0) is 0 Å². The van der Waals surface area contributed by atoms with Crippen LogP contribution in [0.1, 0.15) is 62.3 Å². The van der Waals surface area contributed by atoms with Gasteiger partial charge in [0.25, 0.3) is 0 Å². The molecule has 0 aliphatic heterocycles. The summed E-state index contributed by atoms with van der Waals surface area (Å²) in [5, 5.41) is 0.828. The first kappa shape index (κ1) is 15.2. The van der Waals surface area contributed by atoms with E-state index in [1.165, 1.54) is 0 Å². The molecule has 0 saturated heterocycles. The molecule has 0 aromatic carbocycles. The summed E-state index contributed by atoms with van der Waals surface area (Å²) in [7, 11) is 0.620. The molecule has 1 nitrogen and oxygen atoms in total. The highest BCUT2D eigenvalue weighted by atomic mass is 31.2. The molecule has 0 spiro atoms. The van der Waals surface area contributed by atoms with Crippen LogP contribution in [0.4, 0.5) is 0 Å². The molecular weight excluding hydrogens is 201 g/mol. The van der Waals surface area contributed by atoms with E-state index in [1.807, 2.05) is 7.05 Å². The van der Waals surface area contributed by atoms with Gasteiger partial charge in [0.2, 0.25) is 0 Å². The Hall–Kier alpha value is 0.230. The maximum absolute atomic E-state index is 4.94. The van der Waals surface area contributed by atoms with Crippen molar-refractivity contribution in [1.82, 2.24) is 0 Å². The Balaban J connectivity index is 6.06. The Labute approximate surface area is 97.1 Å². The zero-order chi connectivity index (χ0) is 12.7.